The van der Waals surface area contributed by atoms with Crippen LogP contribution in [-0.4, -0.2) is 57.7 Å². The Morgan fingerprint density at radius 2 is 1.64 bits per heavy atom. The lowest BCUT2D eigenvalue weighted by molar-refractivity contribution is -0.152. The van der Waals surface area contributed by atoms with Gasteiger partial charge in [-0.3, -0.25) is 29.0 Å². The van der Waals surface area contributed by atoms with Crippen LogP contribution in [0.4, 0.5) is 0 Å². The van der Waals surface area contributed by atoms with Crippen molar-refractivity contribution in [3.63, 3.8) is 0 Å². The first kappa shape index (κ1) is 14.4. The molecule has 114 valence electrons. The van der Waals surface area contributed by atoms with Gasteiger partial charge in [-0.15, -0.1) is 0 Å². The van der Waals surface area contributed by atoms with Gasteiger partial charge in [0.25, 0.3) is 17.7 Å². The largest absolute Gasteiger partial charge is 0.395 e. The predicted octanol–water partition coefficient (Wildman–Crippen LogP) is -0.207. The molecule has 0 aromatic heterocycles. The van der Waals surface area contributed by atoms with E-state index in [9.17, 15) is 19.2 Å². The number of rotatable bonds is 3. The maximum Gasteiger partial charge on any atom is 0.262 e. The van der Waals surface area contributed by atoms with E-state index in [1.165, 1.54) is 0 Å². The maximum absolute atomic E-state index is 12.4. The molecule has 3 rings (SSSR count). The van der Waals surface area contributed by atoms with Gasteiger partial charge in [0.1, 0.15) is 6.04 Å². The molecular formula is C15H14N2O5. The van der Waals surface area contributed by atoms with Crippen LogP contribution in [0.5, 0.6) is 0 Å². The Labute approximate surface area is 126 Å². The monoisotopic (exact) mass is 302 g/mol. The summed E-state index contributed by atoms with van der Waals surface area (Å²) < 4.78 is 0. The van der Waals surface area contributed by atoms with Crippen LogP contribution in [0.25, 0.3) is 0 Å². The van der Waals surface area contributed by atoms with E-state index < -0.39 is 29.7 Å². The number of imide groups is 2. The van der Waals surface area contributed by atoms with Crippen molar-refractivity contribution < 1.29 is 24.3 Å². The second-order valence-electron chi connectivity index (χ2n) is 5.19. The number of carbonyl (C=O) groups excluding carboxylic acids is 4. The molecule has 1 atom stereocenters. The Hall–Kier alpha value is -2.54. The number of nitrogens with zero attached hydrogens (tertiary/aromatic N) is 2. The fourth-order valence-corrected chi connectivity index (χ4v) is 2.89. The summed E-state index contributed by atoms with van der Waals surface area (Å²) in [6.07, 6.45) is 0.175. The summed E-state index contributed by atoms with van der Waals surface area (Å²) in [5.74, 6) is -2.04. The van der Waals surface area contributed by atoms with Crippen LogP contribution in [0, 0.1) is 0 Å². The molecule has 1 aromatic carbocycles. The summed E-state index contributed by atoms with van der Waals surface area (Å²) in [6.45, 7) is -0.482. The number of amides is 4. The Kier molecular flexibility index (Phi) is 3.50. The molecule has 1 unspecified atom stereocenters. The summed E-state index contributed by atoms with van der Waals surface area (Å²) in [5, 5.41) is 8.96. The lowest BCUT2D eigenvalue weighted by Gasteiger charge is -2.34. The summed E-state index contributed by atoms with van der Waals surface area (Å²) in [7, 11) is 0. The molecule has 4 amide bonds. The number of aliphatic hydroxyl groups excluding tert-OH is 1. The number of carbonyl (C=O) groups is 4. The third kappa shape index (κ3) is 2.01. The van der Waals surface area contributed by atoms with Crippen molar-refractivity contribution >= 4 is 23.6 Å². The topological polar surface area (TPSA) is 95.0 Å². The second-order valence-corrected chi connectivity index (χ2v) is 5.19. The average Bonchev–Trinajstić information content (AvgIpc) is 2.77. The Bertz CT molecular complexity index is 649. The zero-order valence-corrected chi connectivity index (χ0v) is 11.7. The molecule has 0 radical (unpaired) electrons. The van der Waals surface area contributed by atoms with E-state index in [0.717, 1.165) is 9.80 Å². The smallest absolute Gasteiger partial charge is 0.262 e. The maximum atomic E-state index is 12.4. The molecule has 7 nitrogen and oxygen atoms in total. The van der Waals surface area contributed by atoms with Crippen molar-refractivity contribution in [2.24, 2.45) is 0 Å². The van der Waals surface area contributed by atoms with E-state index >= 15 is 0 Å². The minimum Gasteiger partial charge on any atom is -0.395 e. The van der Waals surface area contributed by atoms with Gasteiger partial charge >= 0.3 is 0 Å². The van der Waals surface area contributed by atoms with Gasteiger partial charge in [-0.1, -0.05) is 12.1 Å². The van der Waals surface area contributed by atoms with Crippen molar-refractivity contribution in [1.29, 1.82) is 0 Å². The second kappa shape index (κ2) is 5.34. The van der Waals surface area contributed by atoms with E-state index in [1.807, 2.05) is 0 Å². The highest BCUT2D eigenvalue weighted by Gasteiger charge is 2.46. The van der Waals surface area contributed by atoms with Crippen LogP contribution < -0.4 is 0 Å². The quantitative estimate of drug-likeness (QED) is 0.780. The van der Waals surface area contributed by atoms with E-state index in [2.05, 4.69) is 0 Å². The van der Waals surface area contributed by atoms with E-state index in [1.54, 1.807) is 24.3 Å². The summed E-state index contributed by atoms with van der Waals surface area (Å²) >= 11 is 0. The molecule has 0 bridgehead atoms. The standard InChI is InChI=1S/C15H14N2O5/c18-8-7-16-12(19)6-5-11(15(16)22)17-13(20)9-3-1-2-4-10(9)14(17)21/h1-4,11,18H,5-8H2. The molecule has 0 aliphatic carbocycles. The molecule has 0 saturated carbocycles. The summed E-state index contributed by atoms with van der Waals surface area (Å²) in [4.78, 5) is 50.8. The Balaban J connectivity index is 1.92. The molecule has 22 heavy (non-hydrogen) atoms. The molecule has 1 aromatic rings. The van der Waals surface area contributed by atoms with Crippen LogP contribution >= 0.6 is 0 Å². The van der Waals surface area contributed by atoms with Gasteiger partial charge in [-0.2, -0.15) is 0 Å². The van der Waals surface area contributed by atoms with Crippen molar-refractivity contribution in [3.05, 3.63) is 35.4 Å². The van der Waals surface area contributed by atoms with Crippen LogP contribution in [0.1, 0.15) is 33.6 Å². The van der Waals surface area contributed by atoms with Gasteiger partial charge in [0.15, 0.2) is 0 Å². The average molecular weight is 302 g/mol. The fraction of sp³-hybridized carbons (Fsp3) is 0.333. The number of piperidine rings is 1. The fourth-order valence-electron chi connectivity index (χ4n) is 2.89. The number of likely N-dealkylation sites (tertiary alicyclic amines) is 1. The molecule has 1 fully saturated rings. The first-order valence-corrected chi connectivity index (χ1v) is 6.98. The third-order valence-corrected chi connectivity index (χ3v) is 3.94. The predicted molar refractivity (Wildman–Crippen MR) is 73.8 cm³/mol. The van der Waals surface area contributed by atoms with E-state index in [0.29, 0.717) is 0 Å². The van der Waals surface area contributed by atoms with Gasteiger partial charge in [0.05, 0.1) is 24.3 Å². The van der Waals surface area contributed by atoms with Gasteiger partial charge in [0.2, 0.25) is 5.91 Å². The first-order valence-electron chi connectivity index (χ1n) is 6.98. The van der Waals surface area contributed by atoms with E-state index in [4.69, 9.17) is 5.11 Å². The highest BCUT2D eigenvalue weighted by atomic mass is 16.3. The zero-order chi connectivity index (χ0) is 15.9. The molecule has 7 heteroatoms. The van der Waals surface area contributed by atoms with Gasteiger partial charge in [-0.05, 0) is 18.6 Å². The van der Waals surface area contributed by atoms with Crippen molar-refractivity contribution in [1.82, 2.24) is 9.80 Å². The highest BCUT2D eigenvalue weighted by Crippen LogP contribution is 2.28. The number of fused-ring (bicyclic) bond motifs is 1. The highest BCUT2D eigenvalue weighted by molar-refractivity contribution is 6.23. The van der Waals surface area contributed by atoms with Crippen molar-refractivity contribution in [2.45, 2.75) is 18.9 Å². The summed E-state index contributed by atoms with van der Waals surface area (Å²) in [6, 6.07) is 5.39. The van der Waals surface area contributed by atoms with Crippen molar-refractivity contribution in [2.75, 3.05) is 13.2 Å². The summed E-state index contributed by atoms with van der Waals surface area (Å²) in [5.41, 5.74) is 0.539. The molecule has 1 saturated heterocycles. The minimum atomic E-state index is -0.989. The molecule has 0 spiro atoms. The lowest BCUT2D eigenvalue weighted by Crippen LogP contribution is -2.56. The minimum absolute atomic E-state index is 0.0593. The SMILES string of the molecule is O=C1CCC(N2C(=O)c3ccccc3C2=O)C(=O)N1CCO. The van der Waals surface area contributed by atoms with Gasteiger partial charge in [0, 0.05) is 6.42 Å². The Morgan fingerprint density at radius 3 is 2.18 bits per heavy atom. The Morgan fingerprint density at radius 1 is 1.05 bits per heavy atom. The number of hydrogen-bond acceptors (Lipinski definition) is 5. The molecule has 1 N–H and O–H groups in total. The van der Waals surface area contributed by atoms with E-state index in [-0.39, 0.29) is 37.1 Å². The molecule has 2 heterocycles. The van der Waals surface area contributed by atoms with Gasteiger partial charge in [-0.25, -0.2) is 0 Å². The first-order chi connectivity index (χ1) is 10.6. The number of benzene rings is 1. The number of aliphatic hydroxyl groups is 1. The van der Waals surface area contributed by atoms with Crippen LogP contribution in [-0.2, 0) is 9.59 Å². The molecule has 2 aliphatic rings. The number of hydrogen-bond donors (Lipinski definition) is 1. The lowest BCUT2D eigenvalue weighted by atomic mass is 10.0. The van der Waals surface area contributed by atoms with Crippen molar-refractivity contribution in [3.8, 4) is 0 Å². The van der Waals surface area contributed by atoms with Gasteiger partial charge < -0.3 is 5.11 Å². The number of β-amino-alcohol motifs (C(OH)–C–C–N with tert-alkyl or cyclic N) is 1. The van der Waals surface area contributed by atoms with Crippen LogP contribution in [0.2, 0.25) is 0 Å². The zero-order valence-electron chi connectivity index (χ0n) is 11.7. The molecular weight excluding hydrogens is 288 g/mol. The normalized spacial score (nSPS) is 21.6. The third-order valence-electron chi connectivity index (χ3n) is 3.94. The van der Waals surface area contributed by atoms with Crippen LogP contribution in [0.15, 0.2) is 24.3 Å². The molecule has 2 aliphatic heterocycles. The van der Waals surface area contributed by atoms with Crippen LogP contribution in [0.3, 0.4) is 0 Å².